The Morgan fingerprint density at radius 2 is 1.94 bits per heavy atom. The lowest BCUT2D eigenvalue weighted by molar-refractivity contribution is -0.121. The lowest BCUT2D eigenvalue weighted by Crippen LogP contribution is -2.37. The van der Waals surface area contributed by atoms with Crippen molar-refractivity contribution in [2.24, 2.45) is 0 Å². The number of aryl methyl sites for hydroxylation is 1. The van der Waals surface area contributed by atoms with Crippen LogP contribution in [-0.4, -0.2) is 63.0 Å². The second-order valence-corrected chi connectivity index (χ2v) is 8.20. The topological polar surface area (TPSA) is 87.5 Å². The van der Waals surface area contributed by atoms with Crippen LogP contribution in [0.1, 0.15) is 60.2 Å². The molecule has 0 unspecified atom stereocenters. The summed E-state index contributed by atoms with van der Waals surface area (Å²) >= 11 is 0. The molecule has 0 bridgehead atoms. The fourth-order valence-corrected chi connectivity index (χ4v) is 3.70. The highest BCUT2D eigenvalue weighted by Gasteiger charge is 2.28. The summed E-state index contributed by atoms with van der Waals surface area (Å²) in [4.78, 5) is 41.3. The van der Waals surface area contributed by atoms with Crippen molar-refractivity contribution in [2.75, 3.05) is 19.6 Å². The number of amides is 3. The summed E-state index contributed by atoms with van der Waals surface area (Å²) in [7, 11) is 0. The number of carbonyl (C=O) groups is 3. The van der Waals surface area contributed by atoms with Gasteiger partial charge in [-0.2, -0.15) is 5.10 Å². The number of rotatable bonds is 8. The molecule has 1 aromatic heterocycles. The number of nitrogens with zero attached hydrogens (tertiary/aromatic N) is 4. The first kappa shape index (κ1) is 23.4. The average molecular weight is 444 g/mol. The van der Waals surface area contributed by atoms with Crippen molar-refractivity contribution in [2.45, 2.75) is 52.7 Å². The standard InChI is InChI=1S/C23H30FN5O3/c1-4-27(13-10-21(30)25-16(2)3)22(31)19-14-20-23(32)28(11-5-12-29(20)26-19)15-17-6-8-18(24)9-7-17/h6-9,14,16H,4-5,10-13,15H2,1-3H3,(H,25,30). The minimum Gasteiger partial charge on any atom is -0.354 e. The van der Waals surface area contributed by atoms with Crippen molar-refractivity contribution in [3.8, 4) is 0 Å². The zero-order valence-corrected chi connectivity index (χ0v) is 18.8. The third-order valence-corrected chi connectivity index (χ3v) is 5.32. The fourth-order valence-electron chi connectivity index (χ4n) is 3.70. The summed E-state index contributed by atoms with van der Waals surface area (Å²) in [5.41, 5.74) is 1.39. The first-order chi connectivity index (χ1) is 15.3. The molecular formula is C23H30FN5O3. The van der Waals surface area contributed by atoms with Crippen molar-refractivity contribution in [3.05, 3.63) is 53.1 Å². The van der Waals surface area contributed by atoms with Gasteiger partial charge in [-0.1, -0.05) is 12.1 Å². The zero-order chi connectivity index (χ0) is 23.3. The van der Waals surface area contributed by atoms with E-state index in [1.807, 2.05) is 20.8 Å². The Morgan fingerprint density at radius 1 is 1.22 bits per heavy atom. The maximum atomic E-state index is 13.2. The van der Waals surface area contributed by atoms with Gasteiger partial charge in [-0.25, -0.2) is 4.39 Å². The molecule has 1 N–H and O–H groups in total. The second kappa shape index (κ2) is 10.4. The van der Waals surface area contributed by atoms with Crippen molar-refractivity contribution in [1.82, 2.24) is 24.9 Å². The van der Waals surface area contributed by atoms with Crippen LogP contribution >= 0.6 is 0 Å². The van der Waals surface area contributed by atoms with Crippen molar-refractivity contribution >= 4 is 17.7 Å². The fraction of sp³-hybridized carbons (Fsp3) is 0.478. The van der Waals surface area contributed by atoms with Crippen molar-refractivity contribution < 1.29 is 18.8 Å². The number of aromatic nitrogens is 2. The third-order valence-electron chi connectivity index (χ3n) is 5.32. The smallest absolute Gasteiger partial charge is 0.274 e. The highest BCUT2D eigenvalue weighted by Crippen LogP contribution is 2.18. The van der Waals surface area contributed by atoms with Crippen molar-refractivity contribution in [1.29, 1.82) is 0 Å². The molecule has 0 fully saturated rings. The molecule has 1 aliphatic rings. The molecule has 8 nitrogen and oxygen atoms in total. The van der Waals surface area contributed by atoms with E-state index in [4.69, 9.17) is 0 Å². The van der Waals surface area contributed by atoms with E-state index >= 15 is 0 Å². The lowest BCUT2D eigenvalue weighted by Gasteiger charge is -2.20. The van der Waals surface area contributed by atoms with Gasteiger partial charge in [0.2, 0.25) is 5.91 Å². The molecule has 0 atom stereocenters. The molecule has 0 spiro atoms. The molecule has 0 aliphatic carbocycles. The number of nitrogens with one attached hydrogen (secondary N) is 1. The van der Waals surface area contributed by atoms with Gasteiger partial charge in [-0.15, -0.1) is 0 Å². The summed E-state index contributed by atoms with van der Waals surface area (Å²) in [5, 5.41) is 7.20. The molecule has 9 heteroatoms. The number of halogens is 1. The molecule has 32 heavy (non-hydrogen) atoms. The highest BCUT2D eigenvalue weighted by molar-refractivity contribution is 5.98. The summed E-state index contributed by atoms with van der Waals surface area (Å²) in [6.45, 7) is 7.76. The number of carbonyl (C=O) groups excluding carboxylic acids is 3. The SMILES string of the molecule is CCN(CCC(=O)NC(C)C)C(=O)c1cc2n(n1)CCCN(Cc1ccc(F)cc1)C2=O. The van der Waals surface area contributed by atoms with E-state index in [1.165, 1.54) is 18.2 Å². The van der Waals surface area contributed by atoms with E-state index in [2.05, 4.69) is 10.4 Å². The Kier molecular flexibility index (Phi) is 7.61. The van der Waals surface area contributed by atoms with Crippen LogP contribution in [0.5, 0.6) is 0 Å². The summed E-state index contributed by atoms with van der Waals surface area (Å²) < 4.78 is 14.8. The maximum absolute atomic E-state index is 13.2. The summed E-state index contributed by atoms with van der Waals surface area (Å²) in [6, 6.07) is 7.65. The normalized spacial score (nSPS) is 13.7. The van der Waals surface area contributed by atoms with Crippen LogP contribution in [0.3, 0.4) is 0 Å². The van der Waals surface area contributed by atoms with E-state index in [9.17, 15) is 18.8 Å². The average Bonchev–Trinajstić information content (AvgIpc) is 3.12. The van der Waals surface area contributed by atoms with Crippen LogP contribution in [0.2, 0.25) is 0 Å². The van der Waals surface area contributed by atoms with Crippen LogP contribution in [-0.2, 0) is 17.9 Å². The van der Waals surface area contributed by atoms with E-state index in [0.717, 1.165) is 5.56 Å². The molecule has 2 aromatic rings. The first-order valence-electron chi connectivity index (χ1n) is 11.0. The van der Waals surface area contributed by atoms with Crippen molar-refractivity contribution in [3.63, 3.8) is 0 Å². The Labute approximate surface area is 187 Å². The van der Waals surface area contributed by atoms with E-state index < -0.39 is 0 Å². The maximum Gasteiger partial charge on any atom is 0.274 e. The van der Waals surface area contributed by atoms with Gasteiger partial charge in [0, 0.05) is 51.3 Å². The van der Waals surface area contributed by atoms with E-state index in [1.54, 1.807) is 26.6 Å². The summed E-state index contributed by atoms with van der Waals surface area (Å²) in [5.74, 6) is -0.945. The Bertz CT molecular complexity index is 971. The van der Waals surface area contributed by atoms with Crippen LogP contribution in [0, 0.1) is 5.82 Å². The lowest BCUT2D eigenvalue weighted by atomic mass is 10.2. The van der Waals surface area contributed by atoms with Gasteiger partial charge in [0.05, 0.1) is 0 Å². The van der Waals surface area contributed by atoms with Gasteiger partial charge in [0.1, 0.15) is 11.5 Å². The molecule has 0 saturated heterocycles. The number of benzene rings is 1. The summed E-state index contributed by atoms with van der Waals surface area (Å²) in [6.07, 6.45) is 0.901. The van der Waals surface area contributed by atoms with Gasteiger partial charge in [-0.3, -0.25) is 19.1 Å². The largest absolute Gasteiger partial charge is 0.354 e. The molecule has 3 amide bonds. The minimum absolute atomic E-state index is 0.0425. The molecule has 0 saturated carbocycles. The van der Waals surface area contributed by atoms with Gasteiger partial charge in [-0.05, 0) is 44.9 Å². The molecule has 172 valence electrons. The predicted molar refractivity (Wildman–Crippen MR) is 117 cm³/mol. The minimum atomic E-state index is -0.320. The number of hydrogen-bond donors (Lipinski definition) is 1. The van der Waals surface area contributed by atoms with Gasteiger partial charge < -0.3 is 15.1 Å². The number of hydrogen-bond acceptors (Lipinski definition) is 4. The van der Waals surface area contributed by atoms with Gasteiger partial charge in [0.15, 0.2) is 5.69 Å². The van der Waals surface area contributed by atoms with Gasteiger partial charge in [0.25, 0.3) is 11.8 Å². The van der Waals surface area contributed by atoms with E-state index in [0.29, 0.717) is 38.3 Å². The molecule has 1 aromatic carbocycles. The zero-order valence-electron chi connectivity index (χ0n) is 18.8. The molecule has 0 radical (unpaired) electrons. The third kappa shape index (κ3) is 5.72. The molecule has 3 rings (SSSR count). The molecule has 1 aliphatic heterocycles. The Morgan fingerprint density at radius 3 is 2.59 bits per heavy atom. The van der Waals surface area contributed by atoms with Crippen LogP contribution in [0.4, 0.5) is 4.39 Å². The number of fused-ring (bicyclic) bond motifs is 1. The predicted octanol–water partition coefficient (Wildman–Crippen LogP) is 2.45. The van der Waals surface area contributed by atoms with Crippen LogP contribution < -0.4 is 5.32 Å². The molecular weight excluding hydrogens is 413 g/mol. The highest BCUT2D eigenvalue weighted by atomic mass is 19.1. The monoisotopic (exact) mass is 443 g/mol. The van der Waals surface area contributed by atoms with Crippen LogP contribution in [0.15, 0.2) is 30.3 Å². The molecule has 2 heterocycles. The van der Waals surface area contributed by atoms with E-state index in [-0.39, 0.29) is 48.2 Å². The second-order valence-electron chi connectivity index (χ2n) is 8.20. The first-order valence-corrected chi connectivity index (χ1v) is 11.0. The van der Waals surface area contributed by atoms with Crippen LogP contribution in [0.25, 0.3) is 0 Å². The Hall–Kier alpha value is -3.23. The quantitative estimate of drug-likeness (QED) is 0.679. The Balaban J connectivity index is 1.71. The van der Waals surface area contributed by atoms with Gasteiger partial charge >= 0.3 is 0 Å².